The summed E-state index contributed by atoms with van der Waals surface area (Å²) in [6.45, 7) is 2.78. The molecular weight excluding hydrogens is 358 g/mol. The Morgan fingerprint density at radius 1 is 1.26 bits per heavy atom. The number of nitrogens with zero attached hydrogens (tertiary/aromatic N) is 3. The number of halogens is 1. The SMILES string of the molecule is CCCCOc1ccc(C(=O)n2nnc3ccccc32)cc1Br. The van der Waals surface area contributed by atoms with Crippen molar-refractivity contribution < 1.29 is 9.53 Å². The monoisotopic (exact) mass is 373 g/mol. The van der Waals surface area contributed by atoms with Crippen molar-refractivity contribution in [3.05, 3.63) is 52.5 Å². The normalized spacial score (nSPS) is 10.9. The molecule has 0 atom stereocenters. The van der Waals surface area contributed by atoms with E-state index in [1.165, 1.54) is 4.68 Å². The van der Waals surface area contributed by atoms with E-state index in [0.717, 1.165) is 23.1 Å². The molecule has 0 aliphatic heterocycles. The molecule has 6 heteroatoms. The third-order valence-electron chi connectivity index (χ3n) is 3.48. The molecule has 5 nitrogen and oxygen atoms in total. The lowest BCUT2D eigenvalue weighted by Gasteiger charge is -2.09. The minimum absolute atomic E-state index is 0.223. The fourth-order valence-corrected chi connectivity index (χ4v) is 2.71. The molecule has 0 aliphatic carbocycles. The fraction of sp³-hybridized carbons (Fsp3) is 0.235. The third-order valence-corrected chi connectivity index (χ3v) is 4.10. The summed E-state index contributed by atoms with van der Waals surface area (Å²) in [5.41, 5.74) is 1.91. The van der Waals surface area contributed by atoms with E-state index in [1.807, 2.05) is 24.3 Å². The molecule has 1 heterocycles. The molecule has 0 spiro atoms. The van der Waals surface area contributed by atoms with Crippen molar-refractivity contribution in [2.45, 2.75) is 19.8 Å². The van der Waals surface area contributed by atoms with E-state index in [2.05, 4.69) is 33.2 Å². The maximum absolute atomic E-state index is 12.6. The van der Waals surface area contributed by atoms with E-state index in [-0.39, 0.29) is 5.91 Å². The quantitative estimate of drug-likeness (QED) is 0.632. The number of benzene rings is 2. The van der Waals surface area contributed by atoms with Gasteiger partial charge in [0.25, 0.3) is 5.91 Å². The Balaban J connectivity index is 1.86. The Morgan fingerprint density at radius 2 is 2.09 bits per heavy atom. The number of hydrogen-bond donors (Lipinski definition) is 0. The first-order valence-electron chi connectivity index (χ1n) is 7.48. The zero-order chi connectivity index (χ0) is 16.2. The van der Waals surface area contributed by atoms with Crippen LogP contribution >= 0.6 is 15.9 Å². The molecule has 0 fully saturated rings. The van der Waals surface area contributed by atoms with Crippen LogP contribution in [0.1, 0.15) is 30.1 Å². The maximum atomic E-state index is 12.6. The minimum atomic E-state index is -0.223. The van der Waals surface area contributed by atoms with Gasteiger partial charge in [-0.3, -0.25) is 4.79 Å². The minimum Gasteiger partial charge on any atom is -0.492 e. The van der Waals surface area contributed by atoms with Gasteiger partial charge in [0.15, 0.2) is 0 Å². The zero-order valence-corrected chi connectivity index (χ0v) is 14.3. The Morgan fingerprint density at radius 3 is 2.87 bits per heavy atom. The fourth-order valence-electron chi connectivity index (χ4n) is 2.22. The molecule has 0 radical (unpaired) electrons. The van der Waals surface area contributed by atoms with Gasteiger partial charge in [-0.15, -0.1) is 5.10 Å². The van der Waals surface area contributed by atoms with Gasteiger partial charge in [-0.25, -0.2) is 0 Å². The number of fused-ring (bicyclic) bond motifs is 1. The van der Waals surface area contributed by atoms with Crippen LogP contribution in [0.3, 0.4) is 0 Å². The molecule has 3 rings (SSSR count). The molecule has 3 aromatic rings. The average molecular weight is 374 g/mol. The molecule has 23 heavy (non-hydrogen) atoms. The van der Waals surface area contributed by atoms with Crippen LogP contribution in [0.2, 0.25) is 0 Å². The van der Waals surface area contributed by atoms with Crippen LogP contribution in [-0.4, -0.2) is 27.5 Å². The summed E-state index contributed by atoms with van der Waals surface area (Å²) < 4.78 is 7.75. The molecule has 0 N–H and O–H groups in total. The van der Waals surface area contributed by atoms with Gasteiger partial charge in [-0.2, -0.15) is 4.68 Å². The lowest BCUT2D eigenvalue weighted by atomic mass is 10.2. The molecule has 0 amide bonds. The Hall–Kier alpha value is -2.21. The Kier molecular flexibility index (Phi) is 4.71. The summed E-state index contributed by atoms with van der Waals surface area (Å²) in [6, 6.07) is 12.7. The highest BCUT2D eigenvalue weighted by atomic mass is 79.9. The van der Waals surface area contributed by atoms with E-state index in [0.29, 0.717) is 23.2 Å². The van der Waals surface area contributed by atoms with Gasteiger partial charge in [0.05, 0.1) is 16.6 Å². The van der Waals surface area contributed by atoms with Gasteiger partial charge in [-0.05, 0) is 52.7 Å². The second-order valence-corrected chi connectivity index (χ2v) is 6.00. The van der Waals surface area contributed by atoms with Crippen molar-refractivity contribution in [2.24, 2.45) is 0 Å². The molecule has 0 saturated carbocycles. The Bertz CT molecular complexity index is 845. The molecule has 0 aliphatic rings. The first-order chi connectivity index (χ1) is 11.2. The lowest BCUT2D eigenvalue weighted by molar-refractivity contribution is 0.0948. The van der Waals surface area contributed by atoms with Crippen LogP contribution in [0.15, 0.2) is 46.9 Å². The summed E-state index contributed by atoms with van der Waals surface area (Å²) in [4.78, 5) is 12.6. The number of unbranched alkanes of at least 4 members (excludes halogenated alkanes) is 1. The highest BCUT2D eigenvalue weighted by molar-refractivity contribution is 9.10. The van der Waals surface area contributed by atoms with Crippen molar-refractivity contribution in [2.75, 3.05) is 6.61 Å². The van der Waals surface area contributed by atoms with Gasteiger partial charge >= 0.3 is 0 Å². The number of rotatable bonds is 5. The Labute approximate surface area is 142 Å². The third kappa shape index (κ3) is 3.27. The predicted molar refractivity (Wildman–Crippen MR) is 91.8 cm³/mol. The number of para-hydroxylation sites is 1. The first-order valence-corrected chi connectivity index (χ1v) is 8.27. The molecule has 0 bridgehead atoms. The van der Waals surface area contributed by atoms with Gasteiger partial charge in [0.1, 0.15) is 11.3 Å². The second-order valence-electron chi connectivity index (χ2n) is 5.14. The summed E-state index contributed by atoms with van der Waals surface area (Å²) in [5.74, 6) is 0.512. The van der Waals surface area contributed by atoms with Gasteiger partial charge < -0.3 is 4.74 Å². The van der Waals surface area contributed by atoms with Gasteiger partial charge in [0.2, 0.25) is 0 Å². The second kappa shape index (κ2) is 6.91. The smallest absolute Gasteiger partial charge is 0.280 e. The van der Waals surface area contributed by atoms with Crippen LogP contribution < -0.4 is 4.74 Å². The van der Waals surface area contributed by atoms with E-state index in [9.17, 15) is 4.79 Å². The summed E-state index contributed by atoms with van der Waals surface area (Å²) in [5, 5.41) is 7.97. The van der Waals surface area contributed by atoms with Crippen molar-refractivity contribution >= 4 is 32.9 Å². The number of hydrogen-bond acceptors (Lipinski definition) is 4. The van der Waals surface area contributed by atoms with E-state index in [1.54, 1.807) is 18.2 Å². The van der Waals surface area contributed by atoms with E-state index >= 15 is 0 Å². The summed E-state index contributed by atoms with van der Waals surface area (Å²) in [6.07, 6.45) is 2.08. The molecule has 2 aromatic carbocycles. The van der Waals surface area contributed by atoms with Crippen LogP contribution in [0.5, 0.6) is 5.75 Å². The summed E-state index contributed by atoms with van der Waals surface area (Å²) in [7, 11) is 0. The molecular formula is C17H16BrN3O2. The van der Waals surface area contributed by atoms with Crippen molar-refractivity contribution in [1.29, 1.82) is 0 Å². The van der Waals surface area contributed by atoms with Crippen molar-refractivity contribution in [1.82, 2.24) is 15.0 Å². The van der Waals surface area contributed by atoms with E-state index < -0.39 is 0 Å². The number of carbonyl (C=O) groups excluding carboxylic acids is 1. The topological polar surface area (TPSA) is 57.0 Å². The number of carbonyl (C=O) groups is 1. The summed E-state index contributed by atoms with van der Waals surface area (Å²) >= 11 is 3.46. The zero-order valence-electron chi connectivity index (χ0n) is 12.7. The molecule has 0 saturated heterocycles. The highest BCUT2D eigenvalue weighted by Crippen LogP contribution is 2.27. The van der Waals surface area contributed by atoms with Crippen LogP contribution in [0.4, 0.5) is 0 Å². The molecule has 0 unspecified atom stereocenters. The average Bonchev–Trinajstić information content (AvgIpc) is 3.00. The van der Waals surface area contributed by atoms with Crippen molar-refractivity contribution in [3.63, 3.8) is 0 Å². The van der Waals surface area contributed by atoms with Crippen molar-refractivity contribution in [3.8, 4) is 5.75 Å². The maximum Gasteiger partial charge on any atom is 0.280 e. The van der Waals surface area contributed by atoms with Gasteiger partial charge in [0, 0.05) is 5.56 Å². The standard InChI is InChI=1S/C17H16BrN3O2/c1-2-3-10-23-16-9-8-12(11-13(16)18)17(22)21-15-7-5-4-6-14(15)19-20-21/h4-9,11H,2-3,10H2,1H3. The number of aromatic nitrogens is 3. The predicted octanol–water partition coefficient (Wildman–Crippen LogP) is 4.06. The highest BCUT2D eigenvalue weighted by Gasteiger charge is 2.15. The number of ether oxygens (including phenoxy) is 1. The largest absolute Gasteiger partial charge is 0.492 e. The van der Waals surface area contributed by atoms with Crippen LogP contribution in [-0.2, 0) is 0 Å². The van der Waals surface area contributed by atoms with Crippen LogP contribution in [0, 0.1) is 0 Å². The first kappa shape index (κ1) is 15.7. The van der Waals surface area contributed by atoms with Gasteiger partial charge in [-0.1, -0.05) is 30.7 Å². The lowest BCUT2D eigenvalue weighted by Crippen LogP contribution is -2.13. The van der Waals surface area contributed by atoms with Crippen LogP contribution in [0.25, 0.3) is 11.0 Å². The van der Waals surface area contributed by atoms with E-state index in [4.69, 9.17) is 4.74 Å². The molecule has 1 aromatic heterocycles. The molecule has 118 valence electrons.